The Morgan fingerprint density at radius 1 is 1.30 bits per heavy atom. The van der Waals surface area contributed by atoms with Crippen LogP contribution in [0.4, 0.5) is 0 Å². The molecule has 0 spiro atoms. The molecule has 2 N–H and O–H groups in total. The fraction of sp³-hybridized carbons (Fsp3) is 1.00. The number of nitrogens with two attached hydrogens (primary N) is 1. The maximum Gasteiger partial charge on any atom is 0.0590 e. The van der Waals surface area contributed by atoms with Crippen LogP contribution in [0.2, 0.25) is 0 Å². The Balaban J connectivity index is 1.63. The molecule has 1 heterocycles. The molecule has 0 radical (unpaired) electrons. The van der Waals surface area contributed by atoms with Crippen molar-refractivity contribution in [2.75, 3.05) is 26.7 Å². The molecule has 1 aliphatic heterocycles. The van der Waals surface area contributed by atoms with Crippen molar-refractivity contribution in [1.82, 2.24) is 4.90 Å². The second-order valence-electron chi connectivity index (χ2n) is 7.60. The highest BCUT2D eigenvalue weighted by Gasteiger charge is 2.44. The Hall–Kier alpha value is -0.120. The lowest BCUT2D eigenvalue weighted by atomic mass is 9.82. The van der Waals surface area contributed by atoms with Gasteiger partial charge in [0.2, 0.25) is 0 Å². The average molecular weight is 280 g/mol. The molecular weight excluding hydrogens is 248 g/mol. The summed E-state index contributed by atoms with van der Waals surface area (Å²) >= 11 is 0. The topological polar surface area (TPSA) is 38.5 Å². The number of hydrogen-bond acceptors (Lipinski definition) is 3. The summed E-state index contributed by atoms with van der Waals surface area (Å²) in [5.74, 6) is 2.99. The molecule has 2 aliphatic carbocycles. The number of fused-ring (bicyclic) bond motifs is 2. The van der Waals surface area contributed by atoms with Gasteiger partial charge in [-0.05, 0) is 63.3 Å². The molecular formula is C17H32N2O. The largest absolute Gasteiger partial charge is 0.378 e. The van der Waals surface area contributed by atoms with Crippen molar-refractivity contribution in [3.63, 3.8) is 0 Å². The van der Waals surface area contributed by atoms with E-state index in [0.717, 1.165) is 50.2 Å². The second kappa shape index (κ2) is 5.94. The van der Waals surface area contributed by atoms with E-state index in [0.29, 0.717) is 6.10 Å². The lowest BCUT2D eigenvalue weighted by molar-refractivity contribution is -0.0695. The number of rotatable bonds is 5. The molecule has 0 aromatic heterocycles. The minimum absolute atomic E-state index is 0.195. The minimum Gasteiger partial charge on any atom is -0.378 e. The second-order valence-corrected chi connectivity index (χ2v) is 7.60. The van der Waals surface area contributed by atoms with Crippen LogP contribution in [-0.4, -0.2) is 43.3 Å². The predicted molar refractivity (Wildman–Crippen MR) is 82.6 cm³/mol. The predicted octanol–water partition coefficient (Wildman–Crippen LogP) is 2.64. The molecule has 20 heavy (non-hydrogen) atoms. The van der Waals surface area contributed by atoms with E-state index in [4.69, 9.17) is 10.5 Å². The van der Waals surface area contributed by atoms with Crippen LogP contribution in [0.3, 0.4) is 0 Å². The van der Waals surface area contributed by atoms with Crippen molar-refractivity contribution in [3.8, 4) is 0 Å². The summed E-state index contributed by atoms with van der Waals surface area (Å²) in [6.45, 7) is 5.16. The molecule has 3 aliphatic rings. The van der Waals surface area contributed by atoms with E-state index in [9.17, 15) is 0 Å². The highest BCUT2D eigenvalue weighted by atomic mass is 16.5. The van der Waals surface area contributed by atoms with Crippen LogP contribution in [0.25, 0.3) is 0 Å². The van der Waals surface area contributed by atoms with Crippen molar-refractivity contribution < 1.29 is 4.74 Å². The van der Waals surface area contributed by atoms with Crippen molar-refractivity contribution >= 4 is 0 Å². The Morgan fingerprint density at radius 3 is 2.75 bits per heavy atom. The molecule has 5 atom stereocenters. The summed E-state index contributed by atoms with van der Waals surface area (Å²) in [5.41, 5.74) is 6.40. The molecule has 0 aromatic rings. The van der Waals surface area contributed by atoms with Gasteiger partial charge in [0.05, 0.1) is 6.10 Å². The molecule has 3 heteroatoms. The van der Waals surface area contributed by atoms with Gasteiger partial charge in [-0.3, -0.25) is 4.90 Å². The maximum absolute atomic E-state index is 6.21. The van der Waals surface area contributed by atoms with Crippen molar-refractivity contribution in [3.05, 3.63) is 0 Å². The van der Waals surface area contributed by atoms with E-state index in [1.54, 1.807) is 0 Å². The Labute approximate surface area is 124 Å². The van der Waals surface area contributed by atoms with Gasteiger partial charge in [-0.25, -0.2) is 0 Å². The molecule has 3 fully saturated rings. The zero-order chi connectivity index (χ0) is 14.2. The van der Waals surface area contributed by atoms with E-state index in [2.05, 4.69) is 18.9 Å². The third-order valence-electron chi connectivity index (χ3n) is 6.57. The van der Waals surface area contributed by atoms with Crippen LogP contribution in [-0.2, 0) is 4.74 Å². The first-order valence-corrected chi connectivity index (χ1v) is 8.70. The Kier molecular flexibility index (Phi) is 4.40. The van der Waals surface area contributed by atoms with Gasteiger partial charge in [-0.1, -0.05) is 13.3 Å². The lowest BCUT2D eigenvalue weighted by Gasteiger charge is -2.47. The summed E-state index contributed by atoms with van der Waals surface area (Å²) < 4.78 is 5.87. The minimum atomic E-state index is 0.195. The van der Waals surface area contributed by atoms with E-state index in [1.165, 1.54) is 32.2 Å². The van der Waals surface area contributed by atoms with Gasteiger partial charge in [0.1, 0.15) is 0 Å². The molecule has 0 amide bonds. The first kappa shape index (κ1) is 14.8. The van der Waals surface area contributed by atoms with E-state index < -0.39 is 0 Å². The molecule has 2 bridgehead atoms. The van der Waals surface area contributed by atoms with Crippen molar-refractivity contribution in [1.29, 1.82) is 0 Å². The van der Waals surface area contributed by atoms with Gasteiger partial charge in [0.25, 0.3) is 0 Å². The maximum atomic E-state index is 6.21. The first-order valence-electron chi connectivity index (χ1n) is 8.70. The summed E-state index contributed by atoms with van der Waals surface area (Å²) in [7, 11) is 2.32. The highest BCUT2D eigenvalue weighted by Crippen LogP contribution is 2.49. The van der Waals surface area contributed by atoms with Crippen LogP contribution < -0.4 is 5.73 Å². The third-order valence-corrected chi connectivity index (χ3v) is 6.57. The lowest BCUT2D eigenvalue weighted by Crippen LogP contribution is -2.58. The third kappa shape index (κ3) is 2.65. The smallest absolute Gasteiger partial charge is 0.0590 e. The molecule has 5 unspecified atom stereocenters. The summed E-state index contributed by atoms with van der Waals surface area (Å²) in [4.78, 5) is 2.61. The SMILES string of the molecule is CCC1CC(CN)(N(C)CC2CC3CCC2C3)CCO1. The molecule has 2 saturated carbocycles. The van der Waals surface area contributed by atoms with Crippen LogP contribution in [0, 0.1) is 17.8 Å². The van der Waals surface area contributed by atoms with E-state index >= 15 is 0 Å². The Bertz CT molecular complexity index is 335. The van der Waals surface area contributed by atoms with Gasteiger partial charge in [-0.15, -0.1) is 0 Å². The van der Waals surface area contributed by atoms with Gasteiger partial charge in [0.15, 0.2) is 0 Å². The van der Waals surface area contributed by atoms with Crippen LogP contribution in [0.5, 0.6) is 0 Å². The van der Waals surface area contributed by atoms with Crippen molar-refractivity contribution in [2.45, 2.75) is 63.5 Å². The summed E-state index contributed by atoms with van der Waals surface area (Å²) in [6, 6.07) is 0. The van der Waals surface area contributed by atoms with E-state index in [1.807, 2.05) is 0 Å². The van der Waals surface area contributed by atoms with Crippen LogP contribution in [0.1, 0.15) is 51.9 Å². The van der Waals surface area contributed by atoms with E-state index in [-0.39, 0.29) is 5.54 Å². The van der Waals surface area contributed by atoms with Crippen LogP contribution in [0.15, 0.2) is 0 Å². The van der Waals surface area contributed by atoms with Crippen molar-refractivity contribution in [2.24, 2.45) is 23.5 Å². The number of hydrogen-bond donors (Lipinski definition) is 1. The molecule has 3 rings (SSSR count). The Morgan fingerprint density at radius 2 is 2.15 bits per heavy atom. The van der Waals surface area contributed by atoms with Gasteiger partial charge in [-0.2, -0.15) is 0 Å². The number of likely N-dealkylation sites (N-methyl/N-ethyl adjacent to an activating group) is 1. The quantitative estimate of drug-likeness (QED) is 0.841. The van der Waals surface area contributed by atoms with Crippen LogP contribution >= 0.6 is 0 Å². The normalized spacial score (nSPS) is 44.4. The zero-order valence-electron chi connectivity index (χ0n) is 13.3. The number of ether oxygens (including phenoxy) is 1. The first-order chi connectivity index (χ1) is 9.66. The van der Waals surface area contributed by atoms with Gasteiger partial charge >= 0.3 is 0 Å². The molecule has 116 valence electrons. The van der Waals surface area contributed by atoms with Gasteiger partial charge < -0.3 is 10.5 Å². The number of nitrogens with zero attached hydrogens (tertiary/aromatic N) is 1. The monoisotopic (exact) mass is 280 g/mol. The summed E-state index contributed by atoms with van der Waals surface area (Å²) in [5, 5.41) is 0. The zero-order valence-corrected chi connectivity index (χ0v) is 13.3. The summed E-state index contributed by atoms with van der Waals surface area (Å²) in [6.07, 6.45) is 9.73. The molecule has 1 saturated heterocycles. The average Bonchev–Trinajstić information content (AvgIpc) is 3.09. The standard InChI is InChI=1S/C17H32N2O/c1-3-16-10-17(12-18,6-7-20-16)19(2)11-15-9-13-4-5-14(15)8-13/h13-16H,3-12,18H2,1-2H3. The molecule has 3 nitrogen and oxygen atoms in total. The molecule has 0 aromatic carbocycles. The highest BCUT2D eigenvalue weighted by molar-refractivity contribution is 4.98. The fourth-order valence-corrected chi connectivity index (χ4v) is 5.10. The van der Waals surface area contributed by atoms with Gasteiger partial charge in [0, 0.05) is 25.2 Å². The fourth-order valence-electron chi connectivity index (χ4n) is 5.10.